The van der Waals surface area contributed by atoms with E-state index in [1.165, 1.54) is 0 Å². The lowest BCUT2D eigenvalue weighted by molar-refractivity contribution is 0.933. The van der Waals surface area contributed by atoms with E-state index in [1.807, 2.05) is 48.9 Å². The highest BCUT2D eigenvalue weighted by atomic mass is 15.2. The summed E-state index contributed by atoms with van der Waals surface area (Å²) in [6.45, 7) is 4.78. The molecule has 0 spiro atoms. The molecule has 0 saturated heterocycles. The first-order valence-corrected chi connectivity index (χ1v) is 6.30. The number of anilines is 1. The number of aromatic nitrogens is 4. The van der Waals surface area contributed by atoms with E-state index in [0.29, 0.717) is 5.95 Å². The Labute approximate surface area is 111 Å². The molecule has 1 aromatic carbocycles. The molecule has 2 heterocycles. The Balaban J connectivity index is 2.29. The Bertz CT molecular complexity index is 717. The largest absolute Gasteiger partial charge is 0.354 e. The van der Waals surface area contributed by atoms with Gasteiger partial charge in [-0.15, -0.1) is 0 Å². The molecule has 0 aliphatic carbocycles. The van der Waals surface area contributed by atoms with Gasteiger partial charge in [0.15, 0.2) is 5.82 Å². The maximum absolute atomic E-state index is 4.59. The maximum atomic E-state index is 4.59. The molecule has 5 heteroatoms. The summed E-state index contributed by atoms with van der Waals surface area (Å²) in [6.07, 6.45) is 3.69. The Morgan fingerprint density at radius 2 is 2.05 bits per heavy atom. The number of nitrogens with zero attached hydrogens (tertiary/aromatic N) is 4. The standard InChI is InChI=1S/C14H15N5/c1-3-15-14-17-12-7-5-4-6-11(12)13(18-14)19-9-8-16-10(19)2/h4-9H,3H2,1-2H3,(H,15,17,18). The molecular formula is C14H15N5. The summed E-state index contributed by atoms with van der Waals surface area (Å²) in [5.41, 5.74) is 0.927. The van der Waals surface area contributed by atoms with Crippen LogP contribution in [-0.4, -0.2) is 26.1 Å². The van der Waals surface area contributed by atoms with Gasteiger partial charge in [-0.05, 0) is 26.0 Å². The second kappa shape index (κ2) is 4.68. The van der Waals surface area contributed by atoms with Gasteiger partial charge in [-0.3, -0.25) is 4.57 Å². The van der Waals surface area contributed by atoms with Gasteiger partial charge in [-0.2, -0.15) is 4.98 Å². The minimum absolute atomic E-state index is 0.643. The summed E-state index contributed by atoms with van der Waals surface area (Å²) >= 11 is 0. The number of hydrogen-bond donors (Lipinski definition) is 1. The van der Waals surface area contributed by atoms with Gasteiger partial charge in [-0.1, -0.05) is 12.1 Å². The number of rotatable bonds is 3. The fourth-order valence-corrected chi connectivity index (χ4v) is 2.08. The van der Waals surface area contributed by atoms with Crippen LogP contribution in [0.3, 0.4) is 0 Å². The number of fused-ring (bicyclic) bond motifs is 1. The smallest absolute Gasteiger partial charge is 0.225 e. The summed E-state index contributed by atoms with van der Waals surface area (Å²) in [6, 6.07) is 8.00. The molecule has 2 aromatic heterocycles. The third-order valence-corrected chi connectivity index (χ3v) is 2.97. The molecule has 19 heavy (non-hydrogen) atoms. The predicted molar refractivity (Wildman–Crippen MR) is 75.6 cm³/mol. The first-order valence-electron chi connectivity index (χ1n) is 6.30. The lowest BCUT2D eigenvalue weighted by atomic mass is 10.2. The number of hydrogen-bond acceptors (Lipinski definition) is 4. The average molecular weight is 253 g/mol. The topological polar surface area (TPSA) is 55.6 Å². The van der Waals surface area contributed by atoms with Crippen LogP contribution < -0.4 is 5.32 Å². The molecule has 3 rings (SSSR count). The van der Waals surface area contributed by atoms with Crippen molar-refractivity contribution in [3.63, 3.8) is 0 Å². The number of imidazole rings is 1. The quantitative estimate of drug-likeness (QED) is 0.779. The molecule has 3 aromatic rings. The number of aryl methyl sites for hydroxylation is 1. The summed E-state index contributed by atoms with van der Waals surface area (Å²) in [4.78, 5) is 13.4. The fourth-order valence-electron chi connectivity index (χ4n) is 2.08. The van der Waals surface area contributed by atoms with Crippen LogP contribution in [0.4, 0.5) is 5.95 Å². The van der Waals surface area contributed by atoms with Crippen LogP contribution in [0, 0.1) is 6.92 Å². The van der Waals surface area contributed by atoms with Gasteiger partial charge in [-0.25, -0.2) is 9.97 Å². The number of para-hydroxylation sites is 1. The van der Waals surface area contributed by atoms with Gasteiger partial charge in [0.1, 0.15) is 5.82 Å². The summed E-state index contributed by atoms with van der Waals surface area (Å²) in [5, 5.41) is 4.18. The summed E-state index contributed by atoms with van der Waals surface area (Å²) in [7, 11) is 0. The Kier molecular flexibility index (Phi) is 2.87. The van der Waals surface area contributed by atoms with Crippen LogP contribution >= 0.6 is 0 Å². The van der Waals surface area contributed by atoms with E-state index in [2.05, 4.69) is 20.3 Å². The van der Waals surface area contributed by atoms with E-state index in [1.54, 1.807) is 6.20 Å². The van der Waals surface area contributed by atoms with Gasteiger partial charge >= 0.3 is 0 Å². The van der Waals surface area contributed by atoms with E-state index >= 15 is 0 Å². The molecule has 0 saturated carbocycles. The Morgan fingerprint density at radius 3 is 2.79 bits per heavy atom. The SMILES string of the molecule is CCNc1nc(-n2ccnc2C)c2ccccc2n1. The van der Waals surface area contributed by atoms with Crippen molar-refractivity contribution in [3.05, 3.63) is 42.5 Å². The maximum Gasteiger partial charge on any atom is 0.225 e. The minimum atomic E-state index is 0.643. The average Bonchev–Trinajstić information content (AvgIpc) is 2.84. The molecule has 0 aliphatic heterocycles. The molecule has 1 N–H and O–H groups in total. The highest BCUT2D eigenvalue weighted by molar-refractivity contribution is 5.86. The molecule has 0 aliphatic rings. The van der Waals surface area contributed by atoms with Gasteiger partial charge in [0.2, 0.25) is 5.95 Å². The Morgan fingerprint density at radius 1 is 1.21 bits per heavy atom. The zero-order valence-electron chi connectivity index (χ0n) is 11.0. The molecule has 0 fully saturated rings. The zero-order chi connectivity index (χ0) is 13.2. The van der Waals surface area contributed by atoms with Crippen molar-refractivity contribution < 1.29 is 0 Å². The summed E-state index contributed by atoms with van der Waals surface area (Å²) in [5.74, 6) is 2.41. The molecule has 0 amide bonds. The Hall–Kier alpha value is -2.43. The van der Waals surface area contributed by atoms with Gasteiger partial charge in [0.05, 0.1) is 5.52 Å². The monoisotopic (exact) mass is 253 g/mol. The van der Waals surface area contributed by atoms with E-state index in [9.17, 15) is 0 Å². The second-order valence-electron chi connectivity index (χ2n) is 4.26. The number of benzene rings is 1. The van der Waals surface area contributed by atoms with Crippen LogP contribution in [0.1, 0.15) is 12.7 Å². The van der Waals surface area contributed by atoms with E-state index < -0.39 is 0 Å². The summed E-state index contributed by atoms with van der Waals surface area (Å²) < 4.78 is 1.98. The fraction of sp³-hybridized carbons (Fsp3) is 0.214. The van der Waals surface area contributed by atoms with Crippen molar-refractivity contribution in [2.75, 3.05) is 11.9 Å². The highest BCUT2D eigenvalue weighted by Gasteiger charge is 2.10. The van der Waals surface area contributed by atoms with Gasteiger partial charge in [0, 0.05) is 24.3 Å². The lowest BCUT2D eigenvalue weighted by Crippen LogP contribution is -2.07. The van der Waals surface area contributed by atoms with E-state index in [-0.39, 0.29) is 0 Å². The van der Waals surface area contributed by atoms with Crippen LogP contribution in [-0.2, 0) is 0 Å². The molecule has 0 atom stereocenters. The van der Waals surface area contributed by atoms with E-state index in [4.69, 9.17) is 0 Å². The van der Waals surface area contributed by atoms with Crippen molar-refractivity contribution in [1.82, 2.24) is 19.5 Å². The molecule has 96 valence electrons. The normalized spacial score (nSPS) is 10.8. The first kappa shape index (κ1) is 11.6. The third kappa shape index (κ3) is 2.03. The van der Waals surface area contributed by atoms with Crippen LogP contribution in [0.5, 0.6) is 0 Å². The van der Waals surface area contributed by atoms with Crippen LogP contribution in [0.2, 0.25) is 0 Å². The van der Waals surface area contributed by atoms with Crippen molar-refractivity contribution in [1.29, 1.82) is 0 Å². The molecule has 0 radical (unpaired) electrons. The lowest BCUT2D eigenvalue weighted by Gasteiger charge is -2.10. The van der Waals surface area contributed by atoms with Crippen molar-refractivity contribution >= 4 is 16.9 Å². The third-order valence-electron chi connectivity index (χ3n) is 2.97. The molecule has 0 unspecified atom stereocenters. The number of nitrogens with one attached hydrogen (secondary N) is 1. The molecule has 0 bridgehead atoms. The molecular weight excluding hydrogens is 238 g/mol. The van der Waals surface area contributed by atoms with E-state index in [0.717, 1.165) is 29.1 Å². The second-order valence-corrected chi connectivity index (χ2v) is 4.26. The van der Waals surface area contributed by atoms with Crippen LogP contribution in [0.25, 0.3) is 16.7 Å². The van der Waals surface area contributed by atoms with Crippen LogP contribution in [0.15, 0.2) is 36.7 Å². The predicted octanol–water partition coefficient (Wildman–Crippen LogP) is 2.56. The highest BCUT2D eigenvalue weighted by Crippen LogP contribution is 2.21. The van der Waals surface area contributed by atoms with Crippen molar-refractivity contribution in [2.24, 2.45) is 0 Å². The van der Waals surface area contributed by atoms with Crippen molar-refractivity contribution in [3.8, 4) is 5.82 Å². The van der Waals surface area contributed by atoms with Gasteiger partial charge < -0.3 is 5.32 Å². The van der Waals surface area contributed by atoms with Gasteiger partial charge in [0.25, 0.3) is 0 Å². The minimum Gasteiger partial charge on any atom is -0.354 e. The molecule has 5 nitrogen and oxygen atoms in total. The van der Waals surface area contributed by atoms with Crippen molar-refractivity contribution in [2.45, 2.75) is 13.8 Å². The zero-order valence-corrected chi connectivity index (χ0v) is 11.0. The first-order chi connectivity index (χ1) is 9.29.